The van der Waals surface area contributed by atoms with Crippen LogP contribution in [0.25, 0.3) is 10.9 Å². The summed E-state index contributed by atoms with van der Waals surface area (Å²) in [5.74, 6) is -0.383. The van der Waals surface area contributed by atoms with Gasteiger partial charge in [-0.1, -0.05) is 31.0 Å². The molecule has 0 atom stereocenters. The standard InChI is InChI=1S/C20H22N4O2S/c1-24-10-11-27-19(24)22-18(26)20(8-4-5-9-20)23-17(25)12-14-13-21-16-7-3-2-6-15(14)16/h2-3,6-7,10-11,13,21H,4-5,8-9,12H2,1H3,(H,23,25). The first-order valence-corrected chi connectivity index (χ1v) is 10.0. The maximum absolute atomic E-state index is 12.9. The van der Waals surface area contributed by atoms with Gasteiger partial charge in [0, 0.05) is 35.7 Å². The first kappa shape index (κ1) is 17.7. The maximum atomic E-state index is 12.9. The molecule has 1 fully saturated rings. The van der Waals surface area contributed by atoms with E-state index in [-0.39, 0.29) is 18.2 Å². The molecule has 0 aliphatic heterocycles. The summed E-state index contributed by atoms with van der Waals surface area (Å²) in [6, 6.07) is 7.90. The predicted octanol–water partition coefficient (Wildman–Crippen LogP) is 2.67. The highest BCUT2D eigenvalue weighted by atomic mass is 32.1. The molecule has 0 radical (unpaired) electrons. The van der Waals surface area contributed by atoms with Crippen molar-refractivity contribution in [2.45, 2.75) is 37.6 Å². The lowest BCUT2D eigenvalue weighted by molar-refractivity contribution is -0.131. The molecule has 6 nitrogen and oxygen atoms in total. The van der Waals surface area contributed by atoms with Crippen molar-refractivity contribution in [1.29, 1.82) is 0 Å². The van der Waals surface area contributed by atoms with Gasteiger partial charge in [-0.2, -0.15) is 4.99 Å². The van der Waals surface area contributed by atoms with E-state index in [1.807, 2.05) is 53.7 Å². The number of carbonyl (C=O) groups is 2. The molecular weight excluding hydrogens is 360 g/mol. The van der Waals surface area contributed by atoms with Crippen molar-refractivity contribution in [3.05, 3.63) is 52.4 Å². The van der Waals surface area contributed by atoms with Crippen LogP contribution in [0.1, 0.15) is 31.2 Å². The SMILES string of the molecule is Cn1ccsc1=NC(=O)C1(NC(=O)Cc2c[nH]c3ccccc23)CCCC1. The second-order valence-electron chi connectivity index (χ2n) is 7.09. The molecule has 0 bridgehead atoms. The lowest BCUT2D eigenvalue weighted by atomic mass is 9.96. The van der Waals surface area contributed by atoms with E-state index >= 15 is 0 Å². The monoisotopic (exact) mass is 382 g/mol. The van der Waals surface area contributed by atoms with E-state index in [1.165, 1.54) is 11.3 Å². The number of amides is 2. The zero-order valence-corrected chi connectivity index (χ0v) is 16.0. The smallest absolute Gasteiger partial charge is 0.274 e. The number of nitrogens with one attached hydrogen (secondary N) is 2. The highest BCUT2D eigenvalue weighted by molar-refractivity contribution is 7.07. The second-order valence-corrected chi connectivity index (χ2v) is 7.96. The van der Waals surface area contributed by atoms with Crippen molar-refractivity contribution in [2.75, 3.05) is 0 Å². The molecule has 2 amide bonds. The van der Waals surface area contributed by atoms with Crippen LogP contribution in [0, 0.1) is 0 Å². The van der Waals surface area contributed by atoms with E-state index in [9.17, 15) is 9.59 Å². The lowest BCUT2D eigenvalue weighted by Crippen LogP contribution is -2.52. The van der Waals surface area contributed by atoms with E-state index in [0.29, 0.717) is 17.6 Å². The summed E-state index contributed by atoms with van der Waals surface area (Å²) in [6.07, 6.45) is 7.10. The van der Waals surface area contributed by atoms with Gasteiger partial charge < -0.3 is 14.9 Å². The molecule has 3 aromatic rings. The summed E-state index contributed by atoms with van der Waals surface area (Å²) in [6.45, 7) is 0. The topological polar surface area (TPSA) is 79.2 Å². The molecule has 0 spiro atoms. The maximum Gasteiger partial charge on any atom is 0.274 e. The minimum absolute atomic E-state index is 0.138. The van der Waals surface area contributed by atoms with Gasteiger partial charge in [0.1, 0.15) is 5.54 Å². The van der Waals surface area contributed by atoms with E-state index < -0.39 is 5.54 Å². The predicted molar refractivity (Wildman–Crippen MR) is 105 cm³/mol. The van der Waals surface area contributed by atoms with E-state index in [4.69, 9.17) is 0 Å². The number of hydrogen-bond acceptors (Lipinski definition) is 3. The van der Waals surface area contributed by atoms with Gasteiger partial charge in [0.15, 0.2) is 4.80 Å². The number of rotatable bonds is 4. The Balaban J connectivity index is 1.55. The van der Waals surface area contributed by atoms with Crippen LogP contribution in [0.2, 0.25) is 0 Å². The van der Waals surface area contributed by atoms with Crippen LogP contribution in [-0.4, -0.2) is 26.9 Å². The molecule has 4 rings (SSSR count). The number of aryl methyl sites for hydroxylation is 1. The van der Waals surface area contributed by atoms with Crippen LogP contribution in [0.5, 0.6) is 0 Å². The van der Waals surface area contributed by atoms with Gasteiger partial charge in [-0.25, -0.2) is 0 Å². The Morgan fingerprint density at radius 3 is 2.81 bits per heavy atom. The van der Waals surface area contributed by atoms with E-state index in [0.717, 1.165) is 29.3 Å². The number of hydrogen-bond donors (Lipinski definition) is 2. The Hall–Kier alpha value is -2.67. The molecule has 1 aromatic carbocycles. The number of fused-ring (bicyclic) bond motifs is 1. The summed E-state index contributed by atoms with van der Waals surface area (Å²) in [7, 11) is 1.86. The van der Waals surface area contributed by atoms with Crippen LogP contribution in [-0.2, 0) is 23.1 Å². The van der Waals surface area contributed by atoms with E-state index in [2.05, 4.69) is 15.3 Å². The zero-order valence-electron chi connectivity index (χ0n) is 15.2. The molecule has 140 valence electrons. The quantitative estimate of drug-likeness (QED) is 0.728. The second kappa shape index (κ2) is 7.15. The number of aromatic amines is 1. The first-order chi connectivity index (χ1) is 13.1. The average molecular weight is 382 g/mol. The van der Waals surface area contributed by atoms with Crippen molar-refractivity contribution in [1.82, 2.24) is 14.9 Å². The summed E-state index contributed by atoms with van der Waals surface area (Å²) in [4.78, 5) is 33.8. The Bertz CT molecular complexity index is 1050. The van der Waals surface area contributed by atoms with Gasteiger partial charge in [0.05, 0.1) is 6.42 Å². The molecule has 0 saturated heterocycles. The number of para-hydroxylation sites is 1. The van der Waals surface area contributed by atoms with Gasteiger partial charge in [0.25, 0.3) is 5.91 Å². The fourth-order valence-corrected chi connectivity index (χ4v) is 4.49. The number of nitrogens with zero attached hydrogens (tertiary/aromatic N) is 2. The average Bonchev–Trinajstić information content (AvgIpc) is 3.38. The molecule has 2 aromatic heterocycles. The van der Waals surface area contributed by atoms with Gasteiger partial charge in [0.2, 0.25) is 5.91 Å². The minimum atomic E-state index is -0.875. The Labute approximate surface area is 160 Å². The lowest BCUT2D eigenvalue weighted by Gasteiger charge is -2.26. The number of H-pyrrole nitrogens is 1. The third-order valence-electron chi connectivity index (χ3n) is 5.23. The summed E-state index contributed by atoms with van der Waals surface area (Å²) in [5.41, 5.74) is 1.07. The zero-order chi connectivity index (χ0) is 18.9. The van der Waals surface area contributed by atoms with Gasteiger partial charge >= 0.3 is 0 Å². The molecule has 0 unspecified atom stereocenters. The number of carbonyl (C=O) groups excluding carboxylic acids is 2. The van der Waals surface area contributed by atoms with Crippen molar-refractivity contribution < 1.29 is 9.59 Å². The minimum Gasteiger partial charge on any atom is -0.361 e. The van der Waals surface area contributed by atoms with E-state index in [1.54, 1.807) is 0 Å². The van der Waals surface area contributed by atoms with Gasteiger partial charge in [-0.05, 0) is 24.5 Å². The van der Waals surface area contributed by atoms with Crippen molar-refractivity contribution in [3.63, 3.8) is 0 Å². The molecule has 1 saturated carbocycles. The number of benzene rings is 1. The number of aromatic nitrogens is 2. The Kier molecular flexibility index (Phi) is 4.70. The molecule has 2 N–H and O–H groups in total. The third-order valence-corrected chi connectivity index (χ3v) is 6.08. The molecule has 1 aliphatic rings. The highest BCUT2D eigenvalue weighted by Gasteiger charge is 2.42. The number of thiazole rings is 1. The fourth-order valence-electron chi connectivity index (χ4n) is 3.76. The first-order valence-electron chi connectivity index (χ1n) is 9.13. The molecule has 7 heteroatoms. The Morgan fingerprint density at radius 2 is 2.07 bits per heavy atom. The molecule has 1 aliphatic carbocycles. The van der Waals surface area contributed by atoms with Crippen LogP contribution >= 0.6 is 11.3 Å². The molecular formula is C20H22N4O2S. The fraction of sp³-hybridized carbons (Fsp3) is 0.350. The van der Waals surface area contributed by atoms with Crippen LogP contribution in [0.4, 0.5) is 0 Å². The molecule has 27 heavy (non-hydrogen) atoms. The highest BCUT2D eigenvalue weighted by Crippen LogP contribution is 2.31. The van der Waals surface area contributed by atoms with Crippen LogP contribution in [0.15, 0.2) is 47.0 Å². The van der Waals surface area contributed by atoms with Gasteiger partial charge in [-0.15, -0.1) is 11.3 Å². The normalized spacial score (nSPS) is 16.7. The summed E-state index contributed by atoms with van der Waals surface area (Å²) in [5, 5.41) is 5.95. The summed E-state index contributed by atoms with van der Waals surface area (Å²) >= 11 is 1.42. The van der Waals surface area contributed by atoms with Crippen molar-refractivity contribution in [2.24, 2.45) is 12.0 Å². The van der Waals surface area contributed by atoms with Crippen LogP contribution < -0.4 is 10.1 Å². The third kappa shape index (κ3) is 3.47. The largest absolute Gasteiger partial charge is 0.361 e. The van der Waals surface area contributed by atoms with Crippen molar-refractivity contribution in [3.8, 4) is 0 Å². The van der Waals surface area contributed by atoms with Crippen molar-refractivity contribution >= 4 is 34.1 Å². The summed E-state index contributed by atoms with van der Waals surface area (Å²) < 4.78 is 1.82. The Morgan fingerprint density at radius 1 is 1.30 bits per heavy atom. The molecule has 2 heterocycles. The van der Waals surface area contributed by atoms with Crippen LogP contribution in [0.3, 0.4) is 0 Å². The van der Waals surface area contributed by atoms with Gasteiger partial charge in [-0.3, -0.25) is 9.59 Å².